The Morgan fingerprint density at radius 3 is 2.65 bits per heavy atom. The number of benzene rings is 2. The van der Waals surface area contributed by atoms with Crippen molar-refractivity contribution in [3.8, 4) is 5.75 Å². The van der Waals surface area contributed by atoms with Crippen molar-refractivity contribution < 1.29 is 14.5 Å². The van der Waals surface area contributed by atoms with Gasteiger partial charge < -0.3 is 9.64 Å². The highest BCUT2D eigenvalue weighted by Crippen LogP contribution is 2.43. The van der Waals surface area contributed by atoms with Crippen LogP contribution in [-0.2, 0) is 6.42 Å². The van der Waals surface area contributed by atoms with E-state index in [1.165, 1.54) is 36.4 Å². The lowest BCUT2D eigenvalue weighted by Crippen LogP contribution is -2.36. The molecule has 26 heavy (non-hydrogen) atoms. The third-order valence-electron chi connectivity index (χ3n) is 5.24. The number of hydrogen-bond acceptors (Lipinski definition) is 4. The van der Waals surface area contributed by atoms with Gasteiger partial charge >= 0.3 is 0 Å². The molecule has 0 spiro atoms. The molecule has 1 atom stereocenters. The first-order valence-electron chi connectivity index (χ1n) is 8.83. The van der Waals surface area contributed by atoms with E-state index in [-0.39, 0.29) is 29.2 Å². The second-order valence-electron chi connectivity index (χ2n) is 6.84. The van der Waals surface area contributed by atoms with Gasteiger partial charge in [0.15, 0.2) is 0 Å². The molecule has 0 radical (unpaired) electrons. The Kier molecular flexibility index (Phi) is 4.11. The summed E-state index contributed by atoms with van der Waals surface area (Å²) >= 11 is 0. The van der Waals surface area contributed by atoms with Crippen LogP contribution in [0.4, 0.5) is 5.69 Å². The molecule has 0 aromatic heterocycles. The normalized spacial score (nSPS) is 18.3. The quantitative estimate of drug-likeness (QED) is 0.604. The van der Waals surface area contributed by atoms with E-state index >= 15 is 0 Å². The number of rotatable bonds is 5. The standard InChI is InChI=1S/C20H20N2O4/c1-26-15-9-11-19(22(24)25)17(12-15)20(23)21(14-7-8-14)18-10-6-13-4-2-3-5-16(13)18/h2-5,9,11-12,14,18H,6-8,10H2,1H3/t18-/m1/s1. The maximum Gasteiger partial charge on any atom is 0.282 e. The van der Waals surface area contributed by atoms with Crippen LogP contribution in [0.5, 0.6) is 5.75 Å². The van der Waals surface area contributed by atoms with Gasteiger partial charge in [-0.3, -0.25) is 14.9 Å². The van der Waals surface area contributed by atoms with Gasteiger partial charge in [-0.05, 0) is 48.9 Å². The molecule has 1 amide bonds. The lowest BCUT2D eigenvalue weighted by molar-refractivity contribution is -0.385. The monoisotopic (exact) mass is 352 g/mol. The molecule has 0 unspecified atom stereocenters. The smallest absolute Gasteiger partial charge is 0.282 e. The summed E-state index contributed by atoms with van der Waals surface area (Å²) < 4.78 is 5.18. The number of ether oxygens (including phenoxy) is 1. The van der Waals surface area contributed by atoms with Crippen molar-refractivity contribution in [1.82, 2.24) is 4.90 Å². The molecular weight excluding hydrogens is 332 g/mol. The van der Waals surface area contributed by atoms with Crippen molar-refractivity contribution in [1.29, 1.82) is 0 Å². The van der Waals surface area contributed by atoms with Crippen LogP contribution in [0, 0.1) is 10.1 Å². The second-order valence-corrected chi connectivity index (χ2v) is 6.84. The summed E-state index contributed by atoms with van der Waals surface area (Å²) in [7, 11) is 1.49. The molecule has 2 aromatic carbocycles. The van der Waals surface area contributed by atoms with E-state index in [0.29, 0.717) is 5.75 Å². The van der Waals surface area contributed by atoms with Gasteiger partial charge in [-0.1, -0.05) is 24.3 Å². The Labute approximate surface area is 151 Å². The Balaban J connectivity index is 1.75. The van der Waals surface area contributed by atoms with Crippen molar-refractivity contribution in [3.05, 3.63) is 69.3 Å². The zero-order valence-corrected chi connectivity index (χ0v) is 14.6. The number of methoxy groups -OCH3 is 1. The van der Waals surface area contributed by atoms with Gasteiger partial charge in [-0.2, -0.15) is 0 Å². The zero-order valence-electron chi connectivity index (χ0n) is 14.6. The van der Waals surface area contributed by atoms with Crippen LogP contribution in [0.1, 0.15) is 46.8 Å². The average molecular weight is 352 g/mol. The molecule has 0 N–H and O–H groups in total. The lowest BCUT2D eigenvalue weighted by atomic mass is 10.0. The van der Waals surface area contributed by atoms with Gasteiger partial charge in [0.05, 0.1) is 18.1 Å². The number of aryl methyl sites for hydroxylation is 1. The van der Waals surface area contributed by atoms with Crippen LogP contribution >= 0.6 is 0 Å². The molecule has 6 nitrogen and oxygen atoms in total. The highest BCUT2D eigenvalue weighted by molar-refractivity contribution is 5.99. The van der Waals surface area contributed by atoms with Crippen molar-refractivity contribution in [2.45, 2.75) is 37.8 Å². The Morgan fingerprint density at radius 1 is 1.19 bits per heavy atom. The van der Waals surface area contributed by atoms with E-state index in [1.807, 2.05) is 17.0 Å². The fraction of sp³-hybridized carbons (Fsp3) is 0.350. The van der Waals surface area contributed by atoms with Crippen molar-refractivity contribution >= 4 is 11.6 Å². The molecule has 134 valence electrons. The molecule has 1 saturated carbocycles. The number of nitrogens with zero attached hydrogens (tertiary/aromatic N) is 2. The van der Waals surface area contributed by atoms with Crippen LogP contribution in [-0.4, -0.2) is 28.9 Å². The van der Waals surface area contributed by atoms with E-state index in [9.17, 15) is 14.9 Å². The van der Waals surface area contributed by atoms with E-state index in [4.69, 9.17) is 4.74 Å². The van der Waals surface area contributed by atoms with Crippen LogP contribution in [0.15, 0.2) is 42.5 Å². The predicted octanol–water partition coefficient (Wildman–Crippen LogP) is 3.90. The molecule has 0 saturated heterocycles. The van der Waals surface area contributed by atoms with Crippen LogP contribution in [0.3, 0.4) is 0 Å². The molecule has 4 rings (SSSR count). The molecule has 2 aromatic rings. The summed E-state index contributed by atoms with van der Waals surface area (Å²) in [6.07, 6.45) is 3.68. The van der Waals surface area contributed by atoms with Crippen LogP contribution in [0.2, 0.25) is 0 Å². The minimum Gasteiger partial charge on any atom is -0.497 e. The summed E-state index contributed by atoms with van der Waals surface area (Å²) in [5.74, 6) is 0.168. The topological polar surface area (TPSA) is 72.7 Å². The first kappa shape index (κ1) is 16.6. The maximum absolute atomic E-state index is 13.4. The van der Waals surface area contributed by atoms with Crippen molar-refractivity contribution in [2.75, 3.05) is 7.11 Å². The second kappa shape index (κ2) is 6.44. The number of nitro benzene ring substituents is 1. The number of hydrogen-bond donors (Lipinski definition) is 0. The Hall–Kier alpha value is -2.89. The van der Waals surface area contributed by atoms with Crippen LogP contribution in [0.25, 0.3) is 0 Å². The Morgan fingerprint density at radius 2 is 1.96 bits per heavy atom. The molecule has 1 fully saturated rings. The van der Waals surface area contributed by atoms with Gasteiger partial charge in [0, 0.05) is 12.1 Å². The largest absolute Gasteiger partial charge is 0.497 e. The highest BCUT2D eigenvalue weighted by atomic mass is 16.6. The van der Waals surface area contributed by atoms with Gasteiger partial charge in [-0.15, -0.1) is 0 Å². The third kappa shape index (κ3) is 2.81. The van der Waals surface area contributed by atoms with Crippen molar-refractivity contribution in [3.63, 3.8) is 0 Å². The van der Waals surface area contributed by atoms with E-state index in [2.05, 4.69) is 12.1 Å². The molecule has 2 aliphatic carbocycles. The molecular formula is C20H20N2O4. The van der Waals surface area contributed by atoms with Gasteiger partial charge in [0.2, 0.25) is 0 Å². The summed E-state index contributed by atoms with van der Waals surface area (Å²) in [4.78, 5) is 26.2. The average Bonchev–Trinajstić information content (AvgIpc) is 3.41. The third-order valence-corrected chi connectivity index (χ3v) is 5.24. The first-order chi connectivity index (χ1) is 12.6. The first-order valence-corrected chi connectivity index (χ1v) is 8.83. The molecule has 0 aliphatic heterocycles. The van der Waals surface area contributed by atoms with Gasteiger partial charge in [0.25, 0.3) is 11.6 Å². The summed E-state index contributed by atoms with van der Waals surface area (Å²) in [5.41, 5.74) is 2.35. The zero-order chi connectivity index (χ0) is 18.3. The number of amides is 1. The number of carbonyl (C=O) groups excluding carboxylic acids is 1. The van der Waals surface area contributed by atoms with E-state index in [1.54, 1.807) is 0 Å². The molecule has 2 aliphatic rings. The molecule has 6 heteroatoms. The minimum atomic E-state index is -0.500. The van der Waals surface area contributed by atoms with E-state index in [0.717, 1.165) is 25.7 Å². The fourth-order valence-electron chi connectivity index (χ4n) is 3.85. The maximum atomic E-state index is 13.4. The SMILES string of the molecule is COc1ccc([N+](=O)[O-])c(C(=O)N(C2CC2)[C@@H]2CCc3ccccc32)c1. The fourth-order valence-corrected chi connectivity index (χ4v) is 3.85. The summed E-state index contributed by atoms with van der Waals surface area (Å²) in [5, 5.41) is 11.4. The van der Waals surface area contributed by atoms with Crippen LogP contribution < -0.4 is 4.74 Å². The van der Waals surface area contributed by atoms with Gasteiger partial charge in [-0.25, -0.2) is 0 Å². The van der Waals surface area contributed by atoms with E-state index < -0.39 is 4.92 Å². The van der Waals surface area contributed by atoms with Crippen molar-refractivity contribution in [2.24, 2.45) is 0 Å². The molecule has 0 bridgehead atoms. The van der Waals surface area contributed by atoms with Gasteiger partial charge in [0.1, 0.15) is 11.3 Å². The predicted molar refractivity (Wildman–Crippen MR) is 96.3 cm³/mol. The molecule has 0 heterocycles. The number of nitro groups is 1. The number of fused-ring (bicyclic) bond motifs is 1. The Bertz CT molecular complexity index is 876. The number of carbonyl (C=O) groups is 1. The summed E-state index contributed by atoms with van der Waals surface area (Å²) in [6.45, 7) is 0. The summed E-state index contributed by atoms with van der Waals surface area (Å²) in [6, 6.07) is 12.6. The highest BCUT2D eigenvalue weighted by Gasteiger charge is 2.42. The lowest BCUT2D eigenvalue weighted by Gasteiger charge is -2.30. The minimum absolute atomic E-state index is 0.0167.